The molecule has 3 rings (SSSR count). The molecule has 2 fully saturated rings. The molecular weight excluding hydrogens is 340 g/mol. The second kappa shape index (κ2) is 9.66. The predicted molar refractivity (Wildman–Crippen MR) is 110 cm³/mol. The molecule has 152 valence electrons. The fourth-order valence-electron chi connectivity index (χ4n) is 4.31. The highest BCUT2D eigenvalue weighted by molar-refractivity contribution is 5.50. The third kappa shape index (κ3) is 5.30. The number of rotatable bonds is 8. The smallest absolute Gasteiger partial charge is 0.134 e. The van der Waals surface area contributed by atoms with Crippen LogP contribution >= 0.6 is 0 Å². The highest BCUT2D eigenvalue weighted by Gasteiger charge is 2.32. The van der Waals surface area contributed by atoms with Gasteiger partial charge in [0.25, 0.3) is 0 Å². The molecule has 0 saturated carbocycles. The summed E-state index contributed by atoms with van der Waals surface area (Å²) in [6, 6.07) is 3.00. The summed E-state index contributed by atoms with van der Waals surface area (Å²) in [5.74, 6) is 2.65. The number of hydrogen-bond acceptors (Lipinski definition) is 7. The maximum atomic E-state index is 5.95. The Bertz CT molecular complexity index is 575. The summed E-state index contributed by atoms with van der Waals surface area (Å²) in [6.45, 7) is 9.46. The van der Waals surface area contributed by atoms with Gasteiger partial charge >= 0.3 is 0 Å². The van der Waals surface area contributed by atoms with Crippen molar-refractivity contribution >= 4 is 11.6 Å². The molecule has 2 aliphatic rings. The van der Waals surface area contributed by atoms with Gasteiger partial charge in [-0.15, -0.1) is 0 Å². The van der Waals surface area contributed by atoms with Gasteiger partial charge in [0.05, 0.1) is 6.10 Å². The summed E-state index contributed by atoms with van der Waals surface area (Å²) in [5, 5.41) is 3.49. The number of anilines is 2. The van der Waals surface area contributed by atoms with E-state index in [2.05, 4.69) is 38.9 Å². The molecule has 2 atom stereocenters. The number of aromatic nitrogens is 2. The first-order chi connectivity index (χ1) is 13.1. The van der Waals surface area contributed by atoms with Gasteiger partial charge in [-0.25, -0.2) is 9.97 Å². The van der Waals surface area contributed by atoms with E-state index in [0.29, 0.717) is 12.6 Å². The van der Waals surface area contributed by atoms with Crippen molar-refractivity contribution in [3.63, 3.8) is 0 Å². The third-order valence-electron chi connectivity index (χ3n) is 6.17. The summed E-state index contributed by atoms with van der Waals surface area (Å²) in [6.07, 6.45) is 6.63. The average molecular weight is 377 g/mol. The maximum absolute atomic E-state index is 5.95. The third-order valence-corrected chi connectivity index (χ3v) is 6.17. The van der Waals surface area contributed by atoms with Crippen molar-refractivity contribution < 1.29 is 4.74 Å². The summed E-state index contributed by atoms with van der Waals surface area (Å²) >= 11 is 0. The van der Waals surface area contributed by atoms with E-state index in [-0.39, 0.29) is 12.1 Å². The van der Waals surface area contributed by atoms with Crippen molar-refractivity contribution in [2.24, 2.45) is 11.7 Å². The van der Waals surface area contributed by atoms with Gasteiger partial charge in [0.1, 0.15) is 18.0 Å². The quantitative estimate of drug-likeness (QED) is 0.718. The normalized spacial score (nSPS) is 24.7. The summed E-state index contributed by atoms with van der Waals surface area (Å²) in [5.41, 5.74) is 5.95. The Morgan fingerprint density at radius 2 is 2.07 bits per heavy atom. The van der Waals surface area contributed by atoms with Gasteiger partial charge in [0, 0.05) is 44.9 Å². The van der Waals surface area contributed by atoms with E-state index in [9.17, 15) is 0 Å². The summed E-state index contributed by atoms with van der Waals surface area (Å²) in [7, 11) is 1.76. The molecule has 0 aliphatic carbocycles. The van der Waals surface area contributed by atoms with Crippen molar-refractivity contribution in [3.05, 3.63) is 12.4 Å². The van der Waals surface area contributed by atoms with Crippen LogP contribution in [0, 0.1) is 5.92 Å². The Morgan fingerprint density at radius 3 is 2.74 bits per heavy atom. The molecule has 3 heterocycles. The van der Waals surface area contributed by atoms with Gasteiger partial charge in [-0.05, 0) is 58.5 Å². The van der Waals surface area contributed by atoms with Gasteiger partial charge in [-0.2, -0.15) is 0 Å². The fraction of sp³-hybridized carbons (Fsp3) is 0.800. The molecule has 3 N–H and O–H groups in total. The summed E-state index contributed by atoms with van der Waals surface area (Å²) < 4.78 is 5.52. The van der Waals surface area contributed by atoms with E-state index in [1.807, 2.05) is 6.07 Å². The number of ether oxygens (including phenoxy) is 1. The van der Waals surface area contributed by atoms with Crippen LogP contribution in [0.2, 0.25) is 0 Å². The van der Waals surface area contributed by atoms with Crippen molar-refractivity contribution in [1.82, 2.24) is 14.9 Å². The zero-order valence-electron chi connectivity index (χ0n) is 17.1. The van der Waals surface area contributed by atoms with Crippen LogP contribution in [-0.4, -0.2) is 72.9 Å². The summed E-state index contributed by atoms with van der Waals surface area (Å²) in [4.78, 5) is 13.7. The SMILES string of the molecule is CO[C@H]1C[C@@H](CN)N(c2cc(NCCC3CCN(C(C)C)CC3)ncn2)C1. The molecule has 7 heteroatoms. The first-order valence-corrected chi connectivity index (χ1v) is 10.4. The molecule has 0 aromatic carbocycles. The minimum atomic E-state index is 0.224. The van der Waals surface area contributed by atoms with Crippen LogP contribution < -0.4 is 16.0 Å². The van der Waals surface area contributed by atoms with Crippen LogP contribution in [0.25, 0.3) is 0 Å². The molecule has 0 bridgehead atoms. The lowest BCUT2D eigenvalue weighted by atomic mass is 9.93. The molecular formula is C20H36N6O. The van der Waals surface area contributed by atoms with E-state index in [4.69, 9.17) is 10.5 Å². The first-order valence-electron chi connectivity index (χ1n) is 10.4. The van der Waals surface area contributed by atoms with Gasteiger partial charge in [-0.1, -0.05) is 0 Å². The second-order valence-corrected chi connectivity index (χ2v) is 8.19. The van der Waals surface area contributed by atoms with Crippen molar-refractivity contribution in [2.75, 3.05) is 50.1 Å². The van der Waals surface area contributed by atoms with Crippen LogP contribution in [0.15, 0.2) is 12.4 Å². The molecule has 1 aromatic rings. The lowest BCUT2D eigenvalue weighted by Crippen LogP contribution is -2.38. The Labute approximate surface area is 163 Å². The van der Waals surface area contributed by atoms with Crippen LogP contribution in [-0.2, 0) is 4.74 Å². The molecule has 0 amide bonds. The van der Waals surface area contributed by atoms with Gasteiger partial charge in [-0.3, -0.25) is 0 Å². The van der Waals surface area contributed by atoms with E-state index in [0.717, 1.165) is 37.1 Å². The number of nitrogens with one attached hydrogen (secondary N) is 1. The first kappa shape index (κ1) is 20.3. The van der Waals surface area contributed by atoms with E-state index < -0.39 is 0 Å². The van der Waals surface area contributed by atoms with Crippen molar-refractivity contribution in [1.29, 1.82) is 0 Å². The van der Waals surface area contributed by atoms with Gasteiger partial charge < -0.3 is 25.6 Å². The predicted octanol–water partition coefficient (Wildman–Crippen LogP) is 1.95. The number of nitrogens with two attached hydrogens (primary N) is 1. The lowest BCUT2D eigenvalue weighted by molar-refractivity contribution is 0.118. The number of likely N-dealkylation sites (tertiary alicyclic amines) is 1. The topological polar surface area (TPSA) is 79.5 Å². The largest absolute Gasteiger partial charge is 0.380 e. The molecule has 27 heavy (non-hydrogen) atoms. The molecule has 0 spiro atoms. The molecule has 0 radical (unpaired) electrons. The molecule has 2 saturated heterocycles. The van der Waals surface area contributed by atoms with Crippen LogP contribution in [0.5, 0.6) is 0 Å². The van der Waals surface area contributed by atoms with Crippen LogP contribution in [0.1, 0.15) is 39.5 Å². The Hall–Kier alpha value is -1.44. The molecule has 2 aliphatic heterocycles. The van der Waals surface area contributed by atoms with E-state index in [1.165, 1.54) is 32.4 Å². The van der Waals surface area contributed by atoms with E-state index in [1.54, 1.807) is 13.4 Å². The standard InChI is InChI=1S/C20H36N6O/c1-15(2)25-8-5-16(6-9-25)4-7-22-19-11-20(24-14-23-19)26-13-18(27-3)10-17(26)12-21/h11,14-18H,4-10,12-13,21H2,1-3H3,(H,22,23,24)/t17-,18-/m0/s1. The lowest BCUT2D eigenvalue weighted by Gasteiger charge is -2.34. The molecule has 1 aromatic heterocycles. The average Bonchev–Trinajstić information content (AvgIpc) is 3.12. The van der Waals surface area contributed by atoms with Gasteiger partial charge in [0.15, 0.2) is 0 Å². The van der Waals surface area contributed by atoms with Crippen molar-refractivity contribution in [2.45, 2.75) is 57.7 Å². The second-order valence-electron chi connectivity index (χ2n) is 8.19. The fourth-order valence-corrected chi connectivity index (χ4v) is 4.31. The minimum absolute atomic E-state index is 0.224. The maximum Gasteiger partial charge on any atom is 0.134 e. The Morgan fingerprint density at radius 1 is 1.30 bits per heavy atom. The van der Waals surface area contributed by atoms with Gasteiger partial charge in [0.2, 0.25) is 0 Å². The zero-order chi connectivity index (χ0) is 19.2. The Kier molecular flexibility index (Phi) is 7.26. The zero-order valence-corrected chi connectivity index (χ0v) is 17.1. The number of methoxy groups -OCH3 is 1. The number of hydrogen-bond donors (Lipinski definition) is 2. The highest BCUT2D eigenvalue weighted by Crippen LogP contribution is 2.26. The van der Waals surface area contributed by atoms with Crippen LogP contribution in [0.3, 0.4) is 0 Å². The van der Waals surface area contributed by atoms with Crippen molar-refractivity contribution in [3.8, 4) is 0 Å². The Balaban J connectivity index is 1.48. The minimum Gasteiger partial charge on any atom is -0.380 e. The molecule has 7 nitrogen and oxygen atoms in total. The highest BCUT2D eigenvalue weighted by atomic mass is 16.5. The number of piperidine rings is 1. The van der Waals surface area contributed by atoms with E-state index >= 15 is 0 Å². The van der Waals surface area contributed by atoms with Crippen LogP contribution in [0.4, 0.5) is 11.6 Å². The number of nitrogens with zero attached hydrogens (tertiary/aromatic N) is 4. The monoisotopic (exact) mass is 376 g/mol. The molecule has 0 unspecified atom stereocenters.